The predicted molar refractivity (Wildman–Crippen MR) is 45.5 cm³/mol. The van der Waals surface area contributed by atoms with Gasteiger partial charge in [-0.2, -0.15) is 0 Å². The average molecular weight is 166 g/mol. The molecule has 0 saturated heterocycles. The predicted octanol–water partition coefficient (Wildman–Crippen LogP) is 1.90. The second kappa shape index (κ2) is 2.92. The van der Waals surface area contributed by atoms with E-state index in [9.17, 15) is 4.79 Å². The molecule has 0 N–H and O–H groups in total. The summed E-state index contributed by atoms with van der Waals surface area (Å²) < 4.78 is 5.29. The number of fused-ring (bicyclic) bond motifs is 2. The number of hydrogen-bond acceptors (Lipinski definition) is 2. The molecular formula is C10H14O2. The number of esters is 1. The second-order valence-corrected chi connectivity index (χ2v) is 3.78. The highest BCUT2D eigenvalue weighted by atomic mass is 16.5. The molecular weight excluding hydrogens is 152 g/mol. The molecule has 66 valence electrons. The highest BCUT2D eigenvalue weighted by molar-refractivity contribution is 5.81. The standard InChI is InChI=1S/C10H14O2/c1-2-9(11)12-10-7-3-4-8(10)6-5-7/h2,7-8,10H,1,3-6H2. The zero-order valence-corrected chi connectivity index (χ0v) is 7.16. The maximum atomic E-state index is 10.9. The van der Waals surface area contributed by atoms with Gasteiger partial charge >= 0.3 is 5.97 Å². The van der Waals surface area contributed by atoms with E-state index in [1.807, 2.05) is 0 Å². The monoisotopic (exact) mass is 166 g/mol. The van der Waals surface area contributed by atoms with E-state index < -0.39 is 0 Å². The fourth-order valence-corrected chi connectivity index (χ4v) is 2.56. The van der Waals surface area contributed by atoms with E-state index in [1.165, 1.54) is 31.8 Å². The Balaban J connectivity index is 1.96. The largest absolute Gasteiger partial charge is 0.459 e. The third kappa shape index (κ3) is 1.15. The normalized spacial score (nSPS) is 38.2. The lowest BCUT2D eigenvalue weighted by molar-refractivity contribution is -0.145. The summed E-state index contributed by atoms with van der Waals surface area (Å²) in [5.41, 5.74) is 0. The Bertz CT molecular complexity index is 190. The Labute approximate surface area is 72.6 Å². The fourth-order valence-electron chi connectivity index (χ4n) is 2.56. The molecule has 0 radical (unpaired) electrons. The van der Waals surface area contributed by atoms with Crippen molar-refractivity contribution >= 4 is 5.97 Å². The summed E-state index contributed by atoms with van der Waals surface area (Å²) in [7, 11) is 0. The smallest absolute Gasteiger partial charge is 0.330 e. The van der Waals surface area contributed by atoms with Crippen molar-refractivity contribution in [2.45, 2.75) is 31.8 Å². The number of ether oxygens (including phenoxy) is 1. The van der Waals surface area contributed by atoms with Crippen LogP contribution in [0.4, 0.5) is 0 Å². The molecule has 0 aliphatic heterocycles. The minimum absolute atomic E-state index is 0.218. The zero-order chi connectivity index (χ0) is 8.55. The van der Waals surface area contributed by atoms with E-state index in [2.05, 4.69) is 6.58 Å². The van der Waals surface area contributed by atoms with Gasteiger partial charge in [-0.25, -0.2) is 4.79 Å². The van der Waals surface area contributed by atoms with Gasteiger partial charge in [-0.3, -0.25) is 0 Å². The summed E-state index contributed by atoms with van der Waals surface area (Å²) in [6, 6.07) is 0. The first-order valence-corrected chi connectivity index (χ1v) is 4.64. The van der Waals surface area contributed by atoms with E-state index in [0.717, 1.165) is 0 Å². The molecule has 0 aromatic heterocycles. The first-order chi connectivity index (χ1) is 5.81. The third-order valence-corrected chi connectivity index (χ3v) is 3.16. The van der Waals surface area contributed by atoms with E-state index in [1.54, 1.807) is 0 Å². The SMILES string of the molecule is C=CC(=O)OC1C2CCC1CC2. The molecule has 12 heavy (non-hydrogen) atoms. The zero-order valence-electron chi connectivity index (χ0n) is 7.16. The highest BCUT2D eigenvalue weighted by Gasteiger charge is 2.43. The van der Waals surface area contributed by atoms with Crippen LogP contribution in [-0.4, -0.2) is 12.1 Å². The van der Waals surface area contributed by atoms with Crippen LogP contribution in [0.1, 0.15) is 25.7 Å². The highest BCUT2D eigenvalue weighted by Crippen LogP contribution is 2.46. The van der Waals surface area contributed by atoms with Gasteiger partial charge in [-0.15, -0.1) is 0 Å². The lowest BCUT2D eigenvalue weighted by Gasteiger charge is -2.14. The van der Waals surface area contributed by atoms with E-state index in [-0.39, 0.29) is 12.1 Å². The van der Waals surface area contributed by atoms with Crippen molar-refractivity contribution in [2.75, 3.05) is 0 Å². The summed E-state index contributed by atoms with van der Waals surface area (Å²) in [5, 5.41) is 0. The van der Waals surface area contributed by atoms with Crippen LogP contribution < -0.4 is 0 Å². The maximum absolute atomic E-state index is 10.9. The molecule has 2 fully saturated rings. The number of carbonyl (C=O) groups is 1. The van der Waals surface area contributed by atoms with E-state index in [0.29, 0.717) is 11.8 Å². The minimum Gasteiger partial charge on any atom is -0.459 e. The third-order valence-electron chi connectivity index (χ3n) is 3.16. The van der Waals surface area contributed by atoms with Crippen molar-refractivity contribution in [2.24, 2.45) is 11.8 Å². The van der Waals surface area contributed by atoms with Gasteiger partial charge in [-0.1, -0.05) is 6.58 Å². The molecule has 0 spiro atoms. The van der Waals surface area contributed by atoms with Gasteiger partial charge in [0, 0.05) is 6.08 Å². The van der Waals surface area contributed by atoms with Crippen molar-refractivity contribution in [3.05, 3.63) is 12.7 Å². The Hall–Kier alpha value is -0.790. The number of carbonyl (C=O) groups excluding carboxylic acids is 1. The number of hydrogen-bond donors (Lipinski definition) is 0. The average Bonchev–Trinajstić information content (AvgIpc) is 2.65. The van der Waals surface area contributed by atoms with Crippen LogP contribution in [0.25, 0.3) is 0 Å². The second-order valence-electron chi connectivity index (χ2n) is 3.78. The Morgan fingerprint density at radius 2 is 1.75 bits per heavy atom. The molecule has 2 aliphatic rings. The van der Waals surface area contributed by atoms with Gasteiger partial charge in [0.05, 0.1) is 0 Å². The molecule has 2 heteroatoms. The van der Waals surface area contributed by atoms with E-state index in [4.69, 9.17) is 4.74 Å². The molecule has 2 nitrogen and oxygen atoms in total. The van der Waals surface area contributed by atoms with Gasteiger partial charge in [-0.05, 0) is 37.5 Å². The van der Waals surface area contributed by atoms with Crippen molar-refractivity contribution in [3.8, 4) is 0 Å². The molecule has 2 saturated carbocycles. The molecule has 2 bridgehead atoms. The Morgan fingerprint density at radius 1 is 1.25 bits per heavy atom. The lowest BCUT2D eigenvalue weighted by Crippen LogP contribution is -2.21. The lowest BCUT2D eigenvalue weighted by atomic mass is 10.0. The first kappa shape index (κ1) is 7.84. The topological polar surface area (TPSA) is 26.3 Å². The van der Waals surface area contributed by atoms with Crippen LogP contribution in [0.2, 0.25) is 0 Å². The van der Waals surface area contributed by atoms with Crippen LogP contribution in [0.5, 0.6) is 0 Å². The fraction of sp³-hybridized carbons (Fsp3) is 0.700. The van der Waals surface area contributed by atoms with Crippen LogP contribution >= 0.6 is 0 Å². The van der Waals surface area contributed by atoms with Crippen molar-refractivity contribution < 1.29 is 9.53 Å². The van der Waals surface area contributed by atoms with Crippen LogP contribution in [0.15, 0.2) is 12.7 Å². The summed E-state index contributed by atoms with van der Waals surface area (Å²) in [6.07, 6.45) is 6.48. The van der Waals surface area contributed by atoms with Gasteiger partial charge < -0.3 is 4.74 Å². The molecule has 2 rings (SSSR count). The van der Waals surface area contributed by atoms with Gasteiger partial charge in [0.15, 0.2) is 0 Å². The summed E-state index contributed by atoms with van der Waals surface area (Å²) in [5.74, 6) is 1.05. The van der Waals surface area contributed by atoms with Crippen molar-refractivity contribution in [1.82, 2.24) is 0 Å². The van der Waals surface area contributed by atoms with Crippen molar-refractivity contribution in [3.63, 3.8) is 0 Å². The van der Waals surface area contributed by atoms with Crippen molar-refractivity contribution in [1.29, 1.82) is 0 Å². The van der Waals surface area contributed by atoms with Gasteiger partial charge in [0.25, 0.3) is 0 Å². The van der Waals surface area contributed by atoms with Crippen LogP contribution in [-0.2, 0) is 9.53 Å². The van der Waals surface area contributed by atoms with Gasteiger partial charge in [0.2, 0.25) is 0 Å². The van der Waals surface area contributed by atoms with Gasteiger partial charge in [0.1, 0.15) is 6.10 Å². The molecule has 0 atom stereocenters. The molecule has 0 amide bonds. The summed E-state index contributed by atoms with van der Waals surface area (Å²) >= 11 is 0. The molecule has 0 aromatic carbocycles. The molecule has 0 unspecified atom stereocenters. The summed E-state index contributed by atoms with van der Waals surface area (Å²) in [4.78, 5) is 10.9. The summed E-state index contributed by atoms with van der Waals surface area (Å²) in [6.45, 7) is 3.40. The molecule has 2 aliphatic carbocycles. The Kier molecular flexibility index (Phi) is 1.91. The molecule has 0 aromatic rings. The van der Waals surface area contributed by atoms with Crippen LogP contribution in [0, 0.1) is 11.8 Å². The first-order valence-electron chi connectivity index (χ1n) is 4.64. The van der Waals surface area contributed by atoms with Crippen LogP contribution in [0.3, 0.4) is 0 Å². The quantitative estimate of drug-likeness (QED) is 0.462. The van der Waals surface area contributed by atoms with E-state index >= 15 is 0 Å². The molecule has 0 heterocycles. The maximum Gasteiger partial charge on any atom is 0.330 e. The Morgan fingerprint density at radius 3 is 2.17 bits per heavy atom. The number of rotatable bonds is 2. The minimum atomic E-state index is -0.251.